The van der Waals surface area contributed by atoms with Gasteiger partial charge in [0.2, 0.25) is 5.95 Å². The molecule has 2 aromatic rings. The van der Waals surface area contributed by atoms with Crippen molar-refractivity contribution in [1.82, 2.24) is 9.97 Å². The van der Waals surface area contributed by atoms with E-state index in [9.17, 15) is 14.3 Å². The van der Waals surface area contributed by atoms with Crippen molar-refractivity contribution in [3.63, 3.8) is 0 Å². The van der Waals surface area contributed by atoms with Crippen LogP contribution >= 0.6 is 0 Å². The number of ether oxygens (including phenoxy) is 1. The Balaban J connectivity index is 1.86. The Labute approximate surface area is 136 Å². The summed E-state index contributed by atoms with van der Waals surface area (Å²) in [7, 11) is 0. The van der Waals surface area contributed by atoms with Gasteiger partial charge in [-0.05, 0) is 18.2 Å². The van der Waals surface area contributed by atoms with Gasteiger partial charge in [0.15, 0.2) is 11.6 Å². The average Bonchev–Trinajstić information content (AvgIpc) is 2.59. The molecule has 1 aliphatic heterocycles. The summed E-state index contributed by atoms with van der Waals surface area (Å²) in [6.07, 6.45) is 1.05. The van der Waals surface area contributed by atoms with Crippen LogP contribution in [0, 0.1) is 5.82 Å². The van der Waals surface area contributed by atoms with Gasteiger partial charge in [0.1, 0.15) is 11.3 Å². The van der Waals surface area contributed by atoms with E-state index in [-0.39, 0.29) is 22.8 Å². The van der Waals surface area contributed by atoms with Gasteiger partial charge in [-0.3, -0.25) is 0 Å². The van der Waals surface area contributed by atoms with Crippen LogP contribution in [-0.4, -0.2) is 52.5 Å². The largest absolute Gasteiger partial charge is 0.507 e. The Hall–Kier alpha value is -2.94. The van der Waals surface area contributed by atoms with Crippen molar-refractivity contribution >= 4 is 23.4 Å². The smallest absolute Gasteiger partial charge is 0.339 e. The quantitative estimate of drug-likeness (QED) is 0.724. The number of aromatic nitrogens is 2. The molecule has 1 fully saturated rings. The standard InChI is InChI=1S/C15H15FN4O4/c16-11-8-17-15(20-3-5-24-6-4-20)19-13(11)18-9-1-2-12(21)10(7-9)14(22)23/h1-2,7-8,21H,3-6H2,(H,22,23)(H,17,18,19). The van der Waals surface area contributed by atoms with Gasteiger partial charge >= 0.3 is 5.97 Å². The molecule has 2 heterocycles. The number of hydrogen-bond acceptors (Lipinski definition) is 7. The summed E-state index contributed by atoms with van der Waals surface area (Å²) in [4.78, 5) is 21.0. The Morgan fingerprint density at radius 1 is 1.33 bits per heavy atom. The molecule has 8 nitrogen and oxygen atoms in total. The zero-order chi connectivity index (χ0) is 17.1. The van der Waals surface area contributed by atoms with E-state index in [1.165, 1.54) is 18.2 Å². The van der Waals surface area contributed by atoms with E-state index in [2.05, 4.69) is 15.3 Å². The zero-order valence-electron chi connectivity index (χ0n) is 12.6. The molecule has 0 atom stereocenters. The van der Waals surface area contributed by atoms with Gasteiger partial charge in [-0.25, -0.2) is 14.2 Å². The molecule has 0 saturated carbocycles. The minimum atomic E-state index is -1.28. The SMILES string of the molecule is O=C(O)c1cc(Nc2nc(N3CCOCC3)ncc2F)ccc1O. The van der Waals surface area contributed by atoms with E-state index in [1.807, 2.05) is 4.90 Å². The highest BCUT2D eigenvalue weighted by Gasteiger charge is 2.17. The van der Waals surface area contributed by atoms with Crippen LogP contribution in [0.1, 0.15) is 10.4 Å². The Morgan fingerprint density at radius 2 is 2.08 bits per heavy atom. The average molecular weight is 334 g/mol. The minimum absolute atomic E-state index is 0.0754. The molecule has 1 aromatic heterocycles. The Kier molecular flexibility index (Phi) is 4.43. The van der Waals surface area contributed by atoms with Crippen LogP contribution in [0.15, 0.2) is 24.4 Å². The number of aromatic carboxylic acids is 1. The number of anilines is 3. The molecule has 0 spiro atoms. The summed E-state index contributed by atoms with van der Waals surface area (Å²) in [6.45, 7) is 2.30. The number of carboxylic acid groups (broad SMARTS) is 1. The number of carboxylic acids is 1. The molecule has 1 aromatic carbocycles. The van der Waals surface area contributed by atoms with Crippen molar-refractivity contribution < 1.29 is 24.1 Å². The van der Waals surface area contributed by atoms with Gasteiger partial charge in [0.25, 0.3) is 0 Å². The van der Waals surface area contributed by atoms with Crippen molar-refractivity contribution in [3.8, 4) is 5.75 Å². The summed E-state index contributed by atoms with van der Waals surface area (Å²) < 4.78 is 19.2. The third-order valence-corrected chi connectivity index (χ3v) is 3.52. The van der Waals surface area contributed by atoms with Gasteiger partial charge in [-0.1, -0.05) is 0 Å². The maximum atomic E-state index is 14.0. The number of rotatable bonds is 4. The first-order valence-electron chi connectivity index (χ1n) is 7.23. The number of nitrogens with zero attached hydrogens (tertiary/aromatic N) is 3. The number of nitrogens with one attached hydrogen (secondary N) is 1. The molecular formula is C15H15FN4O4. The van der Waals surface area contributed by atoms with Crippen molar-refractivity contribution in [3.05, 3.63) is 35.8 Å². The highest BCUT2D eigenvalue weighted by molar-refractivity contribution is 5.92. The molecule has 0 bridgehead atoms. The first-order valence-corrected chi connectivity index (χ1v) is 7.23. The summed E-state index contributed by atoms with van der Waals surface area (Å²) in [6, 6.07) is 3.85. The highest BCUT2D eigenvalue weighted by Crippen LogP contribution is 2.25. The van der Waals surface area contributed by atoms with Crippen LogP contribution in [0.5, 0.6) is 5.75 Å². The Morgan fingerprint density at radius 3 is 2.79 bits per heavy atom. The second-order valence-electron chi connectivity index (χ2n) is 5.13. The lowest BCUT2D eigenvalue weighted by molar-refractivity contribution is 0.0694. The highest BCUT2D eigenvalue weighted by atomic mass is 19.1. The fraction of sp³-hybridized carbons (Fsp3) is 0.267. The molecule has 3 rings (SSSR count). The van der Waals surface area contributed by atoms with Gasteiger partial charge in [0.05, 0.1) is 19.4 Å². The van der Waals surface area contributed by atoms with E-state index in [1.54, 1.807) is 0 Å². The van der Waals surface area contributed by atoms with Crippen LogP contribution in [0.2, 0.25) is 0 Å². The number of hydrogen-bond donors (Lipinski definition) is 3. The van der Waals surface area contributed by atoms with Crippen molar-refractivity contribution in [2.75, 3.05) is 36.5 Å². The van der Waals surface area contributed by atoms with Crippen molar-refractivity contribution in [2.45, 2.75) is 0 Å². The fourth-order valence-corrected chi connectivity index (χ4v) is 2.28. The lowest BCUT2D eigenvalue weighted by Crippen LogP contribution is -2.37. The molecule has 0 unspecified atom stereocenters. The number of halogens is 1. The first kappa shape index (κ1) is 15.9. The number of benzene rings is 1. The molecule has 0 radical (unpaired) electrons. The molecule has 24 heavy (non-hydrogen) atoms. The second-order valence-corrected chi connectivity index (χ2v) is 5.13. The van der Waals surface area contributed by atoms with Gasteiger partial charge in [-0.15, -0.1) is 0 Å². The molecular weight excluding hydrogens is 319 g/mol. The molecule has 1 aliphatic rings. The number of carbonyl (C=O) groups is 1. The van der Waals surface area contributed by atoms with Gasteiger partial charge in [0, 0.05) is 18.8 Å². The van der Waals surface area contributed by atoms with Crippen LogP contribution < -0.4 is 10.2 Å². The number of aromatic hydroxyl groups is 1. The molecule has 0 amide bonds. The monoisotopic (exact) mass is 334 g/mol. The van der Waals surface area contributed by atoms with Gasteiger partial charge in [-0.2, -0.15) is 4.98 Å². The first-order chi connectivity index (χ1) is 11.5. The third-order valence-electron chi connectivity index (χ3n) is 3.52. The van der Waals surface area contributed by atoms with Crippen LogP contribution in [0.25, 0.3) is 0 Å². The van der Waals surface area contributed by atoms with E-state index in [0.29, 0.717) is 32.3 Å². The molecule has 3 N–H and O–H groups in total. The summed E-state index contributed by atoms with van der Waals surface area (Å²) >= 11 is 0. The molecule has 126 valence electrons. The second kappa shape index (κ2) is 6.67. The number of phenols is 1. The minimum Gasteiger partial charge on any atom is -0.507 e. The summed E-state index contributed by atoms with van der Waals surface area (Å²) in [5.74, 6) is -2.04. The van der Waals surface area contributed by atoms with Crippen LogP contribution in [-0.2, 0) is 4.74 Å². The normalized spacial score (nSPS) is 14.5. The van der Waals surface area contributed by atoms with Gasteiger partial charge < -0.3 is 25.2 Å². The van der Waals surface area contributed by atoms with E-state index < -0.39 is 11.8 Å². The van der Waals surface area contributed by atoms with E-state index in [0.717, 1.165) is 6.20 Å². The van der Waals surface area contributed by atoms with Crippen molar-refractivity contribution in [1.29, 1.82) is 0 Å². The van der Waals surface area contributed by atoms with Crippen LogP contribution in [0.4, 0.5) is 21.8 Å². The van der Waals surface area contributed by atoms with E-state index >= 15 is 0 Å². The maximum absolute atomic E-state index is 14.0. The molecule has 0 aliphatic carbocycles. The van der Waals surface area contributed by atoms with Crippen LogP contribution in [0.3, 0.4) is 0 Å². The maximum Gasteiger partial charge on any atom is 0.339 e. The zero-order valence-corrected chi connectivity index (χ0v) is 12.6. The topological polar surface area (TPSA) is 108 Å². The fourth-order valence-electron chi connectivity index (χ4n) is 2.28. The summed E-state index contributed by atoms with van der Waals surface area (Å²) in [5, 5.41) is 21.2. The summed E-state index contributed by atoms with van der Waals surface area (Å²) in [5.41, 5.74) is -0.00130. The third kappa shape index (κ3) is 3.35. The predicted octanol–water partition coefficient (Wildman–Crippen LogP) is 1.60. The predicted molar refractivity (Wildman–Crippen MR) is 83.4 cm³/mol. The Bertz CT molecular complexity index is 765. The van der Waals surface area contributed by atoms with Crippen molar-refractivity contribution in [2.24, 2.45) is 0 Å². The number of morpholine rings is 1. The molecule has 9 heteroatoms. The lowest BCUT2D eigenvalue weighted by Gasteiger charge is -2.26. The lowest BCUT2D eigenvalue weighted by atomic mass is 10.2. The molecule has 1 saturated heterocycles. The van der Waals surface area contributed by atoms with E-state index in [4.69, 9.17) is 9.84 Å².